The quantitative estimate of drug-likeness (QED) is 0.396. The zero-order valence-electron chi connectivity index (χ0n) is 19.5. The van der Waals surface area contributed by atoms with Crippen LogP contribution in [0.25, 0.3) is 33.0 Å². The Balaban J connectivity index is 2.03. The first kappa shape index (κ1) is 23.7. The van der Waals surface area contributed by atoms with E-state index < -0.39 is 21.4 Å². The van der Waals surface area contributed by atoms with Gasteiger partial charge in [0.05, 0.1) is 18.6 Å². The van der Waals surface area contributed by atoms with Crippen LogP contribution in [0.2, 0.25) is 0 Å². The maximum atomic E-state index is 14.8. The van der Waals surface area contributed by atoms with Crippen LogP contribution in [0.15, 0.2) is 53.7 Å². The van der Waals surface area contributed by atoms with Crippen LogP contribution >= 0.6 is 0 Å². The van der Waals surface area contributed by atoms with E-state index in [1.54, 1.807) is 30.2 Å². The van der Waals surface area contributed by atoms with Gasteiger partial charge in [-0.1, -0.05) is 13.0 Å². The Morgan fingerprint density at radius 2 is 1.79 bits per heavy atom. The van der Waals surface area contributed by atoms with E-state index in [0.717, 1.165) is 17.4 Å². The normalized spacial score (nSPS) is 11.8. The molecule has 7 nitrogen and oxygen atoms in total. The van der Waals surface area contributed by atoms with Crippen molar-refractivity contribution in [2.75, 3.05) is 12.9 Å². The number of aryl methyl sites for hydroxylation is 2. The van der Waals surface area contributed by atoms with Crippen molar-refractivity contribution in [3.63, 3.8) is 0 Å². The molecule has 0 spiro atoms. The first-order valence-corrected chi connectivity index (χ1v) is 12.9. The van der Waals surface area contributed by atoms with Crippen molar-refractivity contribution in [3.05, 3.63) is 70.7 Å². The zero-order valence-corrected chi connectivity index (χ0v) is 20.3. The Morgan fingerprint density at radius 1 is 1.03 bits per heavy atom. The van der Waals surface area contributed by atoms with Crippen LogP contribution in [-0.4, -0.2) is 35.6 Å². The van der Waals surface area contributed by atoms with Gasteiger partial charge in [0.1, 0.15) is 11.6 Å². The van der Waals surface area contributed by atoms with E-state index >= 15 is 0 Å². The van der Waals surface area contributed by atoms with Gasteiger partial charge < -0.3 is 9.30 Å². The van der Waals surface area contributed by atoms with Crippen LogP contribution in [-0.2, 0) is 29.7 Å². The van der Waals surface area contributed by atoms with Crippen LogP contribution in [0.5, 0.6) is 5.75 Å². The number of hydrogen-bond donors (Lipinski definition) is 0. The van der Waals surface area contributed by atoms with Crippen molar-refractivity contribution in [2.45, 2.75) is 19.1 Å². The third kappa shape index (κ3) is 4.75. The maximum Gasteiger partial charge on any atom is 0.258 e. The maximum absolute atomic E-state index is 14.8. The Bertz CT molecular complexity index is 1550. The number of pyridine rings is 1. The molecule has 178 valence electrons. The van der Waals surface area contributed by atoms with E-state index in [0.29, 0.717) is 40.7 Å². The molecule has 0 aliphatic carbocycles. The zero-order chi connectivity index (χ0) is 24.6. The molecular formula is C25H26FN3O4S. The molecule has 9 heteroatoms. The SMILES string of the molecule is CCCOc1cc(F)c(CS(C)(=O)=O)cc1-c1cn(C)c(=O)c2ccc(-c3cnn(C)c3)cc12. The molecule has 2 aromatic carbocycles. The monoisotopic (exact) mass is 483 g/mol. The number of halogens is 1. The molecule has 0 aliphatic rings. The fourth-order valence-electron chi connectivity index (χ4n) is 3.96. The van der Waals surface area contributed by atoms with Crippen molar-refractivity contribution < 1.29 is 17.5 Å². The van der Waals surface area contributed by atoms with Crippen LogP contribution in [0.3, 0.4) is 0 Å². The Hall–Kier alpha value is -3.46. The lowest BCUT2D eigenvalue weighted by molar-refractivity contribution is 0.317. The Kier molecular flexibility index (Phi) is 6.31. The summed E-state index contributed by atoms with van der Waals surface area (Å²) in [7, 11) is -0.000577. The molecule has 4 aromatic rings. The first-order valence-electron chi connectivity index (χ1n) is 10.8. The molecule has 0 N–H and O–H groups in total. The number of aromatic nitrogens is 3. The van der Waals surface area contributed by atoms with Crippen LogP contribution < -0.4 is 10.3 Å². The highest BCUT2D eigenvalue weighted by molar-refractivity contribution is 7.89. The van der Waals surface area contributed by atoms with Crippen molar-refractivity contribution >= 4 is 20.6 Å². The highest BCUT2D eigenvalue weighted by Crippen LogP contribution is 2.38. The molecule has 34 heavy (non-hydrogen) atoms. The number of nitrogens with zero attached hydrogens (tertiary/aromatic N) is 3. The number of sulfone groups is 1. The second-order valence-corrected chi connectivity index (χ2v) is 10.6. The van der Waals surface area contributed by atoms with E-state index in [1.165, 1.54) is 16.7 Å². The van der Waals surface area contributed by atoms with Crippen LogP contribution in [0.4, 0.5) is 4.39 Å². The molecule has 0 bridgehead atoms. The third-order valence-electron chi connectivity index (χ3n) is 5.54. The summed E-state index contributed by atoms with van der Waals surface area (Å²) in [5.74, 6) is -0.793. The summed E-state index contributed by atoms with van der Waals surface area (Å²) in [4.78, 5) is 12.9. The fraction of sp³-hybridized carbons (Fsp3) is 0.280. The minimum Gasteiger partial charge on any atom is -0.493 e. The van der Waals surface area contributed by atoms with Gasteiger partial charge in [-0.3, -0.25) is 9.48 Å². The number of benzene rings is 2. The summed E-state index contributed by atoms with van der Waals surface area (Å²) in [6.45, 7) is 2.30. The third-order valence-corrected chi connectivity index (χ3v) is 6.37. The molecule has 0 fully saturated rings. The highest BCUT2D eigenvalue weighted by atomic mass is 32.2. The minimum absolute atomic E-state index is 0.0479. The standard InChI is InChI=1S/C25H26FN3O4S/c1-5-8-33-24-11-23(26)17(15-34(4,31)32)10-21(24)22-14-28(2)25(30)19-7-6-16(9-20(19)22)18-12-27-29(3)13-18/h6-7,9-14H,5,8,15H2,1-4H3. The van der Waals surface area contributed by atoms with Gasteiger partial charge >= 0.3 is 0 Å². The first-order chi connectivity index (χ1) is 16.1. The van der Waals surface area contributed by atoms with E-state index in [9.17, 15) is 17.6 Å². The summed E-state index contributed by atoms with van der Waals surface area (Å²) in [6.07, 6.45) is 7.06. The van der Waals surface area contributed by atoms with Gasteiger partial charge in [0.2, 0.25) is 0 Å². The lowest BCUT2D eigenvalue weighted by atomic mass is 9.95. The summed E-state index contributed by atoms with van der Waals surface area (Å²) < 4.78 is 47.7. The molecule has 0 saturated heterocycles. The van der Waals surface area contributed by atoms with Crippen LogP contribution in [0, 0.1) is 5.82 Å². The lowest BCUT2D eigenvalue weighted by Crippen LogP contribution is -2.17. The molecule has 0 saturated carbocycles. The molecular weight excluding hydrogens is 457 g/mol. The molecule has 0 atom stereocenters. The topological polar surface area (TPSA) is 83.2 Å². The largest absolute Gasteiger partial charge is 0.493 e. The smallest absolute Gasteiger partial charge is 0.258 e. The highest BCUT2D eigenvalue weighted by Gasteiger charge is 2.19. The molecule has 0 amide bonds. The van der Waals surface area contributed by atoms with Crippen LogP contribution in [0.1, 0.15) is 18.9 Å². The Morgan fingerprint density at radius 3 is 2.44 bits per heavy atom. The van der Waals surface area contributed by atoms with Gasteiger partial charge in [-0.25, -0.2) is 12.8 Å². The van der Waals surface area contributed by atoms with Gasteiger partial charge in [-0.2, -0.15) is 5.10 Å². The van der Waals surface area contributed by atoms with Gasteiger partial charge in [-0.15, -0.1) is 0 Å². The Labute approximate surface area is 197 Å². The summed E-state index contributed by atoms with van der Waals surface area (Å²) >= 11 is 0. The molecule has 4 rings (SSSR count). The number of ether oxygens (including phenoxy) is 1. The van der Waals surface area contributed by atoms with Gasteiger partial charge in [0.25, 0.3) is 5.56 Å². The molecule has 0 unspecified atom stereocenters. The molecule has 0 aliphatic heterocycles. The summed E-state index contributed by atoms with van der Waals surface area (Å²) in [6, 6.07) is 8.26. The number of hydrogen-bond acceptors (Lipinski definition) is 5. The van der Waals surface area contributed by atoms with Crippen molar-refractivity contribution in [2.24, 2.45) is 14.1 Å². The predicted octanol–water partition coefficient (Wildman–Crippen LogP) is 4.08. The lowest BCUT2D eigenvalue weighted by Gasteiger charge is -2.17. The number of rotatable bonds is 7. The fourth-order valence-corrected chi connectivity index (χ4v) is 4.75. The summed E-state index contributed by atoms with van der Waals surface area (Å²) in [5, 5.41) is 5.37. The van der Waals surface area contributed by atoms with E-state index in [4.69, 9.17) is 4.74 Å². The minimum atomic E-state index is -3.47. The van der Waals surface area contributed by atoms with E-state index in [2.05, 4.69) is 5.10 Å². The summed E-state index contributed by atoms with van der Waals surface area (Å²) in [5.41, 5.74) is 2.79. The second-order valence-electron chi connectivity index (χ2n) is 8.48. The number of fused-ring (bicyclic) bond motifs is 1. The second kappa shape index (κ2) is 9.06. The molecule has 2 aromatic heterocycles. The average molecular weight is 484 g/mol. The van der Waals surface area contributed by atoms with Crippen molar-refractivity contribution in [3.8, 4) is 28.0 Å². The van der Waals surface area contributed by atoms with Crippen molar-refractivity contribution in [1.82, 2.24) is 14.3 Å². The van der Waals surface area contributed by atoms with Gasteiger partial charge in [-0.05, 0) is 35.6 Å². The van der Waals surface area contributed by atoms with E-state index in [1.807, 2.05) is 32.3 Å². The average Bonchev–Trinajstić information content (AvgIpc) is 3.21. The molecule has 2 heterocycles. The molecule has 0 radical (unpaired) electrons. The van der Waals surface area contributed by atoms with Gasteiger partial charge in [0.15, 0.2) is 9.84 Å². The van der Waals surface area contributed by atoms with E-state index in [-0.39, 0.29) is 11.1 Å². The van der Waals surface area contributed by atoms with Gasteiger partial charge in [0, 0.05) is 66.5 Å². The van der Waals surface area contributed by atoms with Crippen molar-refractivity contribution in [1.29, 1.82) is 0 Å². The predicted molar refractivity (Wildman–Crippen MR) is 131 cm³/mol.